The maximum absolute atomic E-state index is 12.2. The predicted octanol–water partition coefficient (Wildman–Crippen LogP) is 4.69. The van der Waals surface area contributed by atoms with Crippen LogP contribution >= 0.6 is 15.9 Å². The molecule has 0 radical (unpaired) electrons. The van der Waals surface area contributed by atoms with Crippen LogP contribution in [0.4, 0.5) is 0 Å². The molecule has 0 aliphatic heterocycles. The van der Waals surface area contributed by atoms with Crippen molar-refractivity contribution in [2.45, 2.75) is 32.7 Å². The topological polar surface area (TPSA) is 55.4 Å². The summed E-state index contributed by atoms with van der Waals surface area (Å²) in [6.45, 7) is 4.42. The van der Waals surface area contributed by atoms with Crippen LogP contribution in [0.2, 0.25) is 0 Å². The summed E-state index contributed by atoms with van der Waals surface area (Å²) in [5, 5.41) is 2.92. The Bertz CT molecular complexity index is 711. The van der Waals surface area contributed by atoms with Gasteiger partial charge in [0.25, 0.3) is 0 Å². The first-order valence-electron chi connectivity index (χ1n) is 8.30. The summed E-state index contributed by atoms with van der Waals surface area (Å²) in [5.74, 6) is 0.560. The summed E-state index contributed by atoms with van der Waals surface area (Å²) in [6, 6.07) is 14.7. The SMILES string of the molecule is CCOc1ccc(C(=O)CCC(=O)NC(C)c2ccc(Br)cc2)cc1. The lowest BCUT2D eigenvalue weighted by molar-refractivity contribution is -0.121. The van der Waals surface area contributed by atoms with Crippen molar-refractivity contribution in [2.75, 3.05) is 6.61 Å². The number of hydrogen-bond donors (Lipinski definition) is 1. The van der Waals surface area contributed by atoms with Gasteiger partial charge in [0.2, 0.25) is 5.91 Å². The first-order valence-corrected chi connectivity index (χ1v) is 9.09. The summed E-state index contributed by atoms with van der Waals surface area (Å²) in [7, 11) is 0. The Morgan fingerprint density at radius 3 is 2.28 bits per heavy atom. The Morgan fingerprint density at radius 1 is 1.04 bits per heavy atom. The molecular weight excluding hydrogens is 382 g/mol. The third-order valence-corrected chi connectivity index (χ3v) is 4.34. The van der Waals surface area contributed by atoms with Crippen LogP contribution in [0.5, 0.6) is 5.75 Å². The molecule has 0 heterocycles. The first kappa shape index (κ1) is 19.2. The van der Waals surface area contributed by atoms with Crippen LogP contribution in [-0.2, 0) is 4.79 Å². The van der Waals surface area contributed by atoms with E-state index in [4.69, 9.17) is 4.74 Å². The molecule has 25 heavy (non-hydrogen) atoms. The van der Waals surface area contributed by atoms with Crippen molar-refractivity contribution >= 4 is 27.6 Å². The Kier molecular flexibility index (Phi) is 7.19. The average Bonchev–Trinajstić information content (AvgIpc) is 2.61. The zero-order valence-corrected chi connectivity index (χ0v) is 16.0. The Morgan fingerprint density at radius 2 is 1.68 bits per heavy atom. The highest BCUT2D eigenvalue weighted by Crippen LogP contribution is 2.17. The van der Waals surface area contributed by atoms with E-state index in [-0.39, 0.29) is 30.6 Å². The van der Waals surface area contributed by atoms with E-state index in [0.717, 1.165) is 15.8 Å². The average molecular weight is 404 g/mol. The van der Waals surface area contributed by atoms with Crippen LogP contribution in [-0.4, -0.2) is 18.3 Å². The quantitative estimate of drug-likeness (QED) is 0.650. The normalized spacial score (nSPS) is 11.6. The summed E-state index contributed by atoms with van der Waals surface area (Å²) < 4.78 is 6.35. The largest absolute Gasteiger partial charge is 0.494 e. The van der Waals surface area contributed by atoms with Crippen LogP contribution in [0.25, 0.3) is 0 Å². The number of ketones is 1. The van der Waals surface area contributed by atoms with E-state index in [1.807, 2.05) is 38.1 Å². The van der Waals surface area contributed by atoms with Gasteiger partial charge in [-0.15, -0.1) is 0 Å². The minimum Gasteiger partial charge on any atom is -0.494 e. The first-order chi connectivity index (χ1) is 12.0. The number of nitrogens with one attached hydrogen (secondary N) is 1. The van der Waals surface area contributed by atoms with Crippen LogP contribution in [0.1, 0.15) is 48.7 Å². The lowest BCUT2D eigenvalue weighted by Crippen LogP contribution is -2.26. The summed E-state index contributed by atoms with van der Waals surface area (Å²) in [6.07, 6.45) is 0.361. The molecule has 2 aromatic carbocycles. The second-order valence-corrected chi connectivity index (χ2v) is 6.64. The van der Waals surface area contributed by atoms with Crippen LogP contribution in [0, 0.1) is 0 Å². The lowest BCUT2D eigenvalue weighted by atomic mass is 10.1. The van der Waals surface area contributed by atoms with Crippen molar-refractivity contribution in [2.24, 2.45) is 0 Å². The molecule has 0 aromatic heterocycles. The molecule has 0 fully saturated rings. The Hall–Kier alpha value is -2.14. The van der Waals surface area contributed by atoms with Crippen LogP contribution in [0.15, 0.2) is 53.0 Å². The maximum Gasteiger partial charge on any atom is 0.220 e. The van der Waals surface area contributed by atoms with E-state index in [2.05, 4.69) is 21.2 Å². The fourth-order valence-corrected chi connectivity index (χ4v) is 2.69. The molecule has 132 valence electrons. The van der Waals surface area contributed by atoms with Gasteiger partial charge in [-0.3, -0.25) is 9.59 Å². The van der Waals surface area contributed by atoms with Crippen molar-refractivity contribution in [3.63, 3.8) is 0 Å². The minimum absolute atomic E-state index is 0.0468. The van der Waals surface area contributed by atoms with Crippen molar-refractivity contribution in [3.8, 4) is 5.75 Å². The Balaban J connectivity index is 1.82. The lowest BCUT2D eigenvalue weighted by Gasteiger charge is -2.14. The van der Waals surface area contributed by atoms with Gasteiger partial charge in [0.1, 0.15) is 5.75 Å². The zero-order chi connectivity index (χ0) is 18.2. The van der Waals surface area contributed by atoms with Crippen molar-refractivity contribution in [1.29, 1.82) is 0 Å². The molecule has 1 unspecified atom stereocenters. The summed E-state index contributed by atoms with van der Waals surface area (Å²) in [5.41, 5.74) is 1.62. The van der Waals surface area contributed by atoms with E-state index in [1.165, 1.54) is 0 Å². The molecule has 2 aromatic rings. The van der Waals surface area contributed by atoms with Crippen LogP contribution in [0.3, 0.4) is 0 Å². The van der Waals surface area contributed by atoms with E-state index >= 15 is 0 Å². The fourth-order valence-electron chi connectivity index (χ4n) is 2.42. The molecule has 1 atom stereocenters. The third kappa shape index (κ3) is 6.02. The highest BCUT2D eigenvalue weighted by molar-refractivity contribution is 9.10. The molecule has 0 aliphatic carbocycles. The number of carbonyl (C=O) groups excluding carboxylic acids is 2. The van der Waals surface area contributed by atoms with E-state index < -0.39 is 0 Å². The molecular formula is C20H22BrNO3. The second kappa shape index (κ2) is 9.37. The molecule has 0 bridgehead atoms. The van der Waals surface area contributed by atoms with Gasteiger partial charge >= 0.3 is 0 Å². The van der Waals surface area contributed by atoms with Gasteiger partial charge in [0, 0.05) is 22.9 Å². The predicted molar refractivity (Wildman–Crippen MR) is 102 cm³/mol. The fraction of sp³-hybridized carbons (Fsp3) is 0.300. The smallest absolute Gasteiger partial charge is 0.220 e. The Labute approximate surface area is 156 Å². The van der Waals surface area contributed by atoms with E-state index in [1.54, 1.807) is 24.3 Å². The second-order valence-electron chi connectivity index (χ2n) is 5.72. The van der Waals surface area contributed by atoms with Crippen LogP contribution < -0.4 is 10.1 Å². The molecule has 0 saturated carbocycles. The van der Waals surface area contributed by atoms with Gasteiger partial charge in [-0.05, 0) is 55.8 Å². The molecule has 2 rings (SSSR count). The van der Waals surface area contributed by atoms with Gasteiger partial charge < -0.3 is 10.1 Å². The van der Waals surface area contributed by atoms with Crippen molar-refractivity contribution in [1.82, 2.24) is 5.32 Å². The monoisotopic (exact) mass is 403 g/mol. The number of Topliss-reactive ketones (excluding diaryl/α,β-unsaturated/α-hetero) is 1. The number of ether oxygens (including phenoxy) is 1. The van der Waals surface area contributed by atoms with Gasteiger partial charge in [0.15, 0.2) is 5.78 Å². The number of rotatable bonds is 8. The number of halogens is 1. The minimum atomic E-state index is -0.130. The van der Waals surface area contributed by atoms with E-state index in [0.29, 0.717) is 12.2 Å². The van der Waals surface area contributed by atoms with Gasteiger partial charge in [0.05, 0.1) is 12.6 Å². The van der Waals surface area contributed by atoms with Gasteiger partial charge in [-0.2, -0.15) is 0 Å². The summed E-state index contributed by atoms with van der Waals surface area (Å²) >= 11 is 3.39. The number of hydrogen-bond acceptors (Lipinski definition) is 3. The highest BCUT2D eigenvalue weighted by atomic mass is 79.9. The van der Waals surface area contributed by atoms with Gasteiger partial charge in [-0.1, -0.05) is 28.1 Å². The number of benzene rings is 2. The molecule has 1 amide bonds. The zero-order valence-electron chi connectivity index (χ0n) is 14.4. The number of carbonyl (C=O) groups is 2. The van der Waals surface area contributed by atoms with E-state index in [9.17, 15) is 9.59 Å². The summed E-state index contributed by atoms with van der Waals surface area (Å²) in [4.78, 5) is 24.3. The molecule has 0 aliphatic rings. The highest BCUT2D eigenvalue weighted by Gasteiger charge is 2.12. The third-order valence-electron chi connectivity index (χ3n) is 3.81. The van der Waals surface area contributed by atoms with Gasteiger partial charge in [-0.25, -0.2) is 0 Å². The van der Waals surface area contributed by atoms with Crippen molar-refractivity contribution < 1.29 is 14.3 Å². The maximum atomic E-state index is 12.2. The molecule has 5 heteroatoms. The molecule has 0 saturated heterocycles. The molecule has 4 nitrogen and oxygen atoms in total. The number of amides is 1. The molecule has 1 N–H and O–H groups in total. The standard InChI is InChI=1S/C20H22BrNO3/c1-3-25-18-10-6-16(7-11-18)19(23)12-13-20(24)22-14(2)15-4-8-17(21)9-5-15/h4-11,14H,3,12-13H2,1-2H3,(H,22,24). The van der Waals surface area contributed by atoms with Crippen molar-refractivity contribution in [3.05, 3.63) is 64.1 Å². The molecule has 0 spiro atoms.